The monoisotopic (exact) mass is 412 g/mol. The molecular weight excluding hydrogens is 392 g/mol. The summed E-state index contributed by atoms with van der Waals surface area (Å²) in [5.74, 6) is -0.487. The first-order valence-electron chi connectivity index (χ1n) is 9.10. The van der Waals surface area contributed by atoms with Gasteiger partial charge < -0.3 is 14.8 Å². The van der Waals surface area contributed by atoms with Crippen LogP contribution in [0.2, 0.25) is 5.02 Å². The van der Waals surface area contributed by atoms with Crippen LogP contribution in [0.5, 0.6) is 5.75 Å². The number of carbonyl (C=O) groups is 2. The lowest BCUT2D eigenvalue weighted by Gasteiger charge is -2.12. The van der Waals surface area contributed by atoms with Crippen LogP contribution in [0, 0.1) is 6.92 Å². The summed E-state index contributed by atoms with van der Waals surface area (Å²) >= 11 is 6.05. The number of esters is 1. The molecule has 1 heterocycles. The second kappa shape index (κ2) is 9.39. The van der Waals surface area contributed by atoms with Crippen LogP contribution in [-0.4, -0.2) is 30.6 Å². The van der Waals surface area contributed by atoms with Gasteiger partial charge in [-0.3, -0.25) is 14.6 Å². The van der Waals surface area contributed by atoms with E-state index in [0.717, 1.165) is 22.2 Å². The van der Waals surface area contributed by atoms with Crippen molar-refractivity contribution in [3.63, 3.8) is 0 Å². The van der Waals surface area contributed by atoms with Crippen molar-refractivity contribution in [1.82, 2.24) is 4.98 Å². The summed E-state index contributed by atoms with van der Waals surface area (Å²) in [6, 6.07) is 15.0. The third kappa shape index (κ3) is 5.45. The van der Waals surface area contributed by atoms with Crippen LogP contribution >= 0.6 is 11.6 Å². The Hall–Kier alpha value is -3.12. The van der Waals surface area contributed by atoms with Crippen LogP contribution in [0.15, 0.2) is 48.5 Å². The molecule has 0 spiro atoms. The largest absolute Gasteiger partial charge is 0.495 e. The standard InChI is InChI=1S/C22H21ClN2O4/c1-14-11-19(20(28-2)12-17(14)23)25-21(26)13-29-22(27)10-9-16-8-7-15-5-3-4-6-18(15)24-16/h3-8,11-12H,9-10,13H2,1-2H3,(H,25,26). The topological polar surface area (TPSA) is 77.5 Å². The number of methoxy groups -OCH3 is 1. The molecular formula is C22H21ClN2O4. The highest BCUT2D eigenvalue weighted by molar-refractivity contribution is 6.31. The van der Waals surface area contributed by atoms with Gasteiger partial charge in [0.2, 0.25) is 0 Å². The predicted molar refractivity (Wildman–Crippen MR) is 112 cm³/mol. The molecule has 1 N–H and O–H groups in total. The number of nitrogens with zero attached hydrogens (tertiary/aromatic N) is 1. The summed E-state index contributed by atoms with van der Waals surface area (Å²) in [6.07, 6.45) is 0.581. The molecule has 0 saturated carbocycles. The summed E-state index contributed by atoms with van der Waals surface area (Å²) in [5, 5.41) is 4.25. The molecule has 3 rings (SSSR count). The number of aryl methyl sites for hydroxylation is 2. The van der Waals surface area contributed by atoms with Gasteiger partial charge in [0.05, 0.1) is 24.7 Å². The lowest BCUT2D eigenvalue weighted by molar-refractivity contribution is -0.147. The first kappa shape index (κ1) is 20.6. The van der Waals surface area contributed by atoms with Gasteiger partial charge in [-0.2, -0.15) is 0 Å². The number of halogens is 1. The number of fused-ring (bicyclic) bond motifs is 1. The lowest BCUT2D eigenvalue weighted by Crippen LogP contribution is -2.21. The number of benzene rings is 2. The van der Waals surface area contributed by atoms with Gasteiger partial charge in [-0.25, -0.2) is 0 Å². The van der Waals surface area contributed by atoms with E-state index in [1.807, 2.05) is 43.3 Å². The highest BCUT2D eigenvalue weighted by atomic mass is 35.5. The Morgan fingerprint density at radius 3 is 2.72 bits per heavy atom. The third-order valence-corrected chi connectivity index (χ3v) is 4.77. The van der Waals surface area contributed by atoms with Crippen molar-refractivity contribution >= 4 is 40.1 Å². The van der Waals surface area contributed by atoms with Crippen LogP contribution in [0.25, 0.3) is 10.9 Å². The number of hydrogen-bond acceptors (Lipinski definition) is 5. The first-order valence-corrected chi connectivity index (χ1v) is 9.48. The number of rotatable bonds is 7. The Labute approximate surface area is 173 Å². The molecule has 3 aromatic rings. The highest BCUT2D eigenvalue weighted by Crippen LogP contribution is 2.30. The van der Waals surface area contributed by atoms with Crippen LogP contribution in [0.4, 0.5) is 5.69 Å². The van der Waals surface area contributed by atoms with Crippen molar-refractivity contribution in [3.05, 3.63) is 64.8 Å². The van der Waals surface area contributed by atoms with Gasteiger partial charge in [0, 0.05) is 28.6 Å². The van der Waals surface area contributed by atoms with Crippen LogP contribution in [0.1, 0.15) is 17.7 Å². The molecule has 1 amide bonds. The number of aromatic nitrogens is 1. The smallest absolute Gasteiger partial charge is 0.306 e. The van der Waals surface area contributed by atoms with Crippen LogP contribution < -0.4 is 10.1 Å². The zero-order chi connectivity index (χ0) is 20.8. The second-order valence-corrected chi connectivity index (χ2v) is 6.91. The molecule has 0 atom stereocenters. The summed E-state index contributed by atoms with van der Waals surface area (Å²) in [4.78, 5) is 28.6. The summed E-state index contributed by atoms with van der Waals surface area (Å²) < 4.78 is 10.3. The van der Waals surface area contributed by atoms with Gasteiger partial charge in [0.1, 0.15) is 5.75 Å². The van der Waals surface area contributed by atoms with Crippen molar-refractivity contribution in [3.8, 4) is 5.75 Å². The molecule has 0 radical (unpaired) electrons. The Balaban J connectivity index is 1.50. The zero-order valence-electron chi connectivity index (χ0n) is 16.2. The van der Waals surface area contributed by atoms with Crippen molar-refractivity contribution in [1.29, 1.82) is 0 Å². The maximum absolute atomic E-state index is 12.1. The summed E-state index contributed by atoms with van der Waals surface area (Å²) in [7, 11) is 1.48. The van der Waals surface area contributed by atoms with Gasteiger partial charge in [0.25, 0.3) is 5.91 Å². The lowest BCUT2D eigenvalue weighted by atomic mass is 10.1. The third-order valence-electron chi connectivity index (χ3n) is 4.36. The fourth-order valence-corrected chi connectivity index (χ4v) is 2.97. The minimum absolute atomic E-state index is 0.141. The molecule has 0 saturated heterocycles. The van der Waals surface area contributed by atoms with E-state index < -0.39 is 11.9 Å². The van der Waals surface area contributed by atoms with Crippen molar-refractivity contribution in [2.24, 2.45) is 0 Å². The molecule has 150 valence electrons. The van der Waals surface area contributed by atoms with E-state index in [2.05, 4.69) is 10.3 Å². The number of para-hydroxylation sites is 1. The molecule has 0 aliphatic rings. The maximum atomic E-state index is 12.1. The Morgan fingerprint density at radius 2 is 1.93 bits per heavy atom. The molecule has 2 aromatic carbocycles. The van der Waals surface area contributed by atoms with Gasteiger partial charge >= 0.3 is 5.97 Å². The van der Waals surface area contributed by atoms with Crippen molar-refractivity contribution in [2.75, 3.05) is 19.0 Å². The molecule has 0 fully saturated rings. The normalized spacial score (nSPS) is 10.6. The quantitative estimate of drug-likeness (QED) is 0.585. The van der Waals surface area contributed by atoms with Gasteiger partial charge in [-0.15, -0.1) is 0 Å². The average molecular weight is 413 g/mol. The molecule has 29 heavy (non-hydrogen) atoms. The number of nitrogens with one attached hydrogen (secondary N) is 1. The molecule has 7 heteroatoms. The summed E-state index contributed by atoms with van der Waals surface area (Å²) in [6.45, 7) is 1.44. The minimum atomic E-state index is -0.464. The molecule has 1 aromatic heterocycles. The highest BCUT2D eigenvalue weighted by Gasteiger charge is 2.13. The number of ether oxygens (including phenoxy) is 2. The van der Waals surface area contributed by atoms with E-state index in [1.165, 1.54) is 7.11 Å². The van der Waals surface area contributed by atoms with Crippen molar-refractivity contribution < 1.29 is 19.1 Å². The second-order valence-electron chi connectivity index (χ2n) is 6.51. The van der Waals surface area contributed by atoms with E-state index in [-0.39, 0.29) is 13.0 Å². The number of hydrogen-bond donors (Lipinski definition) is 1. The van der Waals surface area contributed by atoms with Crippen LogP contribution in [-0.2, 0) is 20.7 Å². The molecule has 0 aliphatic heterocycles. The first-order chi connectivity index (χ1) is 14.0. The Bertz CT molecular complexity index is 1050. The predicted octanol–water partition coefficient (Wildman–Crippen LogP) is 4.32. The molecule has 6 nitrogen and oxygen atoms in total. The van der Waals surface area contributed by atoms with E-state index in [9.17, 15) is 9.59 Å². The maximum Gasteiger partial charge on any atom is 0.306 e. The van der Waals surface area contributed by atoms with Gasteiger partial charge in [0.15, 0.2) is 6.61 Å². The number of amides is 1. The van der Waals surface area contributed by atoms with E-state index in [1.54, 1.807) is 12.1 Å². The fourth-order valence-electron chi connectivity index (χ4n) is 2.81. The zero-order valence-corrected chi connectivity index (χ0v) is 17.0. The average Bonchev–Trinajstić information content (AvgIpc) is 2.73. The van der Waals surface area contributed by atoms with Crippen molar-refractivity contribution in [2.45, 2.75) is 19.8 Å². The Morgan fingerprint density at radius 1 is 1.14 bits per heavy atom. The minimum Gasteiger partial charge on any atom is -0.495 e. The molecule has 0 bridgehead atoms. The van der Waals surface area contributed by atoms with Crippen LogP contribution in [0.3, 0.4) is 0 Å². The number of anilines is 1. The number of pyridine rings is 1. The summed E-state index contributed by atoms with van der Waals surface area (Å²) in [5.41, 5.74) is 2.94. The SMILES string of the molecule is COc1cc(Cl)c(C)cc1NC(=O)COC(=O)CCc1ccc2ccccc2n1. The molecule has 0 aliphatic carbocycles. The van der Waals surface area contributed by atoms with Gasteiger partial charge in [-0.1, -0.05) is 35.9 Å². The van der Waals surface area contributed by atoms with E-state index in [0.29, 0.717) is 22.9 Å². The number of carbonyl (C=O) groups excluding carboxylic acids is 2. The van der Waals surface area contributed by atoms with E-state index >= 15 is 0 Å². The Kier molecular flexibility index (Phi) is 6.67. The molecule has 0 unspecified atom stereocenters. The van der Waals surface area contributed by atoms with E-state index in [4.69, 9.17) is 21.1 Å². The fraction of sp³-hybridized carbons (Fsp3) is 0.227. The van der Waals surface area contributed by atoms with Gasteiger partial charge in [-0.05, 0) is 30.7 Å².